The van der Waals surface area contributed by atoms with Crippen molar-refractivity contribution in [1.29, 1.82) is 0 Å². The normalized spacial score (nSPS) is 24.0. The van der Waals surface area contributed by atoms with Gasteiger partial charge in [-0.15, -0.1) is 0 Å². The van der Waals surface area contributed by atoms with Crippen molar-refractivity contribution in [2.45, 2.75) is 18.9 Å². The van der Waals surface area contributed by atoms with E-state index in [9.17, 15) is 4.79 Å². The first-order valence-electron chi connectivity index (χ1n) is 10.2. The number of aryl methyl sites for hydroxylation is 1. The maximum absolute atomic E-state index is 13.3. The molecular formula is C23H24ClN3O2. The van der Waals surface area contributed by atoms with Crippen molar-refractivity contribution in [3.63, 3.8) is 0 Å². The summed E-state index contributed by atoms with van der Waals surface area (Å²) >= 11 is 6.12. The Labute approximate surface area is 175 Å². The SMILES string of the molecule is O=C(CN1CCOCC1)N1N=C2c3ccccc3CCC2C1c1ccc(Cl)cc1. The summed E-state index contributed by atoms with van der Waals surface area (Å²) < 4.78 is 5.42. The summed E-state index contributed by atoms with van der Waals surface area (Å²) in [5.41, 5.74) is 4.64. The average molecular weight is 410 g/mol. The van der Waals surface area contributed by atoms with Gasteiger partial charge in [-0.2, -0.15) is 5.10 Å². The number of carbonyl (C=O) groups excluding carboxylic acids is 1. The number of halogens is 1. The van der Waals surface area contributed by atoms with Crippen LogP contribution in [0.2, 0.25) is 5.02 Å². The molecule has 3 aliphatic rings. The van der Waals surface area contributed by atoms with Crippen molar-refractivity contribution in [2.75, 3.05) is 32.8 Å². The standard InChI is InChI=1S/C23H24ClN3O2/c24-18-8-5-17(6-9-18)23-20-10-7-16-3-1-2-4-19(16)22(20)25-27(23)21(28)15-26-11-13-29-14-12-26/h1-6,8-9,20,23H,7,10-15H2. The summed E-state index contributed by atoms with van der Waals surface area (Å²) in [6.45, 7) is 3.30. The molecule has 150 valence electrons. The van der Waals surface area contributed by atoms with Crippen LogP contribution in [-0.2, 0) is 16.0 Å². The second-order valence-electron chi connectivity index (χ2n) is 7.91. The number of fused-ring (bicyclic) bond motifs is 3. The Morgan fingerprint density at radius 1 is 1.10 bits per heavy atom. The molecule has 1 saturated heterocycles. The zero-order valence-electron chi connectivity index (χ0n) is 16.3. The van der Waals surface area contributed by atoms with Crippen molar-refractivity contribution in [2.24, 2.45) is 11.0 Å². The molecule has 0 bridgehead atoms. The molecule has 0 saturated carbocycles. The van der Waals surface area contributed by atoms with Crippen molar-refractivity contribution < 1.29 is 9.53 Å². The smallest absolute Gasteiger partial charge is 0.257 e. The highest BCUT2D eigenvalue weighted by molar-refractivity contribution is 6.30. The minimum atomic E-state index is -0.0795. The first-order chi connectivity index (χ1) is 14.2. The molecule has 1 aliphatic carbocycles. The van der Waals surface area contributed by atoms with E-state index in [-0.39, 0.29) is 17.9 Å². The van der Waals surface area contributed by atoms with E-state index in [2.05, 4.69) is 29.2 Å². The number of carbonyl (C=O) groups is 1. The third-order valence-electron chi connectivity index (χ3n) is 6.16. The molecule has 2 heterocycles. The van der Waals surface area contributed by atoms with E-state index in [1.165, 1.54) is 11.1 Å². The molecule has 2 atom stereocenters. The molecule has 0 radical (unpaired) electrons. The number of hydrogen-bond donors (Lipinski definition) is 0. The molecule has 5 nitrogen and oxygen atoms in total. The van der Waals surface area contributed by atoms with E-state index in [1.807, 2.05) is 24.3 Å². The van der Waals surface area contributed by atoms with Gasteiger partial charge < -0.3 is 4.74 Å². The molecule has 2 aromatic rings. The second-order valence-corrected chi connectivity index (χ2v) is 8.35. The Morgan fingerprint density at radius 3 is 2.66 bits per heavy atom. The Bertz CT molecular complexity index is 937. The van der Waals surface area contributed by atoms with Gasteiger partial charge in [-0.3, -0.25) is 9.69 Å². The highest BCUT2D eigenvalue weighted by Gasteiger charge is 2.43. The van der Waals surface area contributed by atoms with E-state index in [0.29, 0.717) is 24.8 Å². The van der Waals surface area contributed by atoms with Crippen LogP contribution in [0.15, 0.2) is 53.6 Å². The minimum Gasteiger partial charge on any atom is -0.379 e. The zero-order valence-corrected chi connectivity index (χ0v) is 17.0. The van der Waals surface area contributed by atoms with Crippen LogP contribution in [0, 0.1) is 5.92 Å². The molecule has 2 aromatic carbocycles. The van der Waals surface area contributed by atoms with Crippen LogP contribution in [0.1, 0.15) is 29.2 Å². The molecule has 29 heavy (non-hydrogen) atoms. The number of benzene rings is 2. The van der Waals surface area contributed by atoms with Crippen LogP contribution in [0.4, 0.5) is 0 Å². The zero-order chi connectivity index (χ0) is 19.8. The molecule has 0 N–H and O–H groups in total. The Hall–Kier alpha value is -2.21. The lowest BCUT2D eigenvalue weighted by Crippen LogP contribution is -2.44. The fourth-order valence-electron chi connectivity index (χ4n) is 4.69. The summed E-state index contributed by atoms with van der Waals surface area (Å²) in [4.78, 5) is 15.5. The lowest BCUT2D eigenvalue weighted by Gasteiger charge is -2.31. The molecule has 2 aliphatic heterocycles. The first-order valence-corrected chi connectivity index (χ1v) is 10.6. The highest BCUT2D eigenvalue weighted by Crippen LogP contribution is 2.43. The average Bonchev–Trinajstić information content (AvgIpc) is 3.15. The predicted molar refractivity (Wildman–Crippen MR) is 113 cm³/mol. The summed E-state index contributed by atoms with van der Waals surface area (Å²) in [7, 11) is 0. The van der Waals surface area contributed by atoms with Crippen LogP contribution in [0.3, 0.4) is 0 Å². The second kappa shape index (κ2) is 7.90. The molecule has 1 fully saturated rings. The molecule has 6 heteroatoms. The van der Waals surface area contributed by atoms with Gasteiger partial charge in [-0.05, 0) is 36.1 Å². The summed E-state index contributed by atoms with van der Waals surface area (Å²) in [5.74, 6) is 0.256. The monoisotopic (exact) mass is 409 g/mol. The first kappa shape index (κ1) is 18.8. The number of morpholine rings is 1. The number of amides is 1. The van der Waals surface area contributed by atoms with Crippen molar-refractivity contribution in [3.05, 3.63) is 70.2 Å². The molecule has 5 rings (SSSR count). The summed E-state index contributed by atoms with van der Waals surface area (Å²) in [6.07, 6.45) is 2.00. The molecular weight excluding hydrogens is 386 g/mol. The maximum atomic E-state index is 13.3. The summed E-state index contributed by atoms with van der Waals surface area (Å²) in [6, 6.07) is 16.2. The fourth-order valence-corrected chi connectivity index (χ4v) is 4.81. The van der Waals surface area contributed by atoms with E-state index in [1.54, 1.807) is 5.01 Å². The van der Waals surface area contributed by atoms with Crippen molar-refractivity contribution in [1.82, 2.24) is 9.91 Å². The van der Waals surface area contributed by atoms with Crippen LogP contribution in [0.5, 0.6) is 0 Å². The van der Waals surface area contributed by atoms with Gasteiger partial charge in [-0.25, -0.2) is 5.01 Å². The number of hydrogen-bond acceptors (Lipinski definition) is 4. The van der Waals surface area contributed by atoms with Gasteiger partial charge in [0.05, 0.1) is 31.5 Å². The number of ether oxygens (including phenoxy) is 1. The number of nitrogens with zero attached hydrogens (tertiary/aromatic N) is 3. The van der Waals surface area contributed by atoms with Gasteiger partial charge in [0.25, 0.3) is 5.91 Å². The quantitative estimate of drug-likeness (QED) is 0.779. The fraction of sp³-hybridized carbons (Fsp3) is 0.391. The van der Waals surface area contributed by atoms with Crippen LogP contribution in [0.25, 0.3) is 0 Å². The predicted octanol–water partition coefficient (Wildman–Crippen LogP) is 3.52. The third-order valence-corrected chi connectivity index (χ3v) is 6.41. The van der Waals surface area contributed by atoms with Gasteiger partial charge in [0.1, 0.15) is 0 Å². The number of rotatable bonds is 3. The molecule has 1 amide bonds. The number of hydrazone groups is 1. The lowest BCUT2D eigenvalue weighted by molar-refractivity contribution is -0.135. The van der Waals surface area contributed by atoms with E-state index in [4.69, 9.17) is 21.4 Å². The maximum Gasteiger partial charge on any atom is 0.257 e. The third kappa shape index (κ3) is 3.59. The van der Waals surface area contributed by atoms with Gasteiger partial charge in [0.15, 0.2) is 0 Å². The van der Waals surface area contributed by atoms with Gasteiger partial charge in [0.2, 0.25) is 0 Å². The molecule has 2 unspecified atom stereocenters. The van der Waals surface area contributed by atoms with E-state index < -0.39 is 0 Å². The topological polar surface area (TPSA) is 45.1 Å². The lowest BCUT2D eigenvalue weighted by atomic mass is 9.77. The van der Waals surface area contributed by atoms with Crippen LogP contribution >= 0.6 is 11.6 Å². The van der Waals surface area contributed by atoms with Crippen LogP contribution < -0.4 is 0 Å². The Kier molecular flexibility index (Phi) is 5.12. The molecule has 0 spiro atoms. The van der Waals surface area contributed by atoms with E-state index >= 15 is 0 Å². The van der Waals surface area contributed by atoms with Crippen molar-refractivity contribution in [3.8, 4) is 0 Å². The Balaban J connectivity index is 1.50. The minimum absolute atomic E-state index is 0.0474. The van der Waals surface area contributed by atoms with Crippen LogP contribution in [-0.4, -0.2) is 54.4 Å². The van der Waals surface area contributed by atoms with E-state index in [0.717, 1.165) is 37.2 Å². The van der Waals surface area contributed by atoms with Gasteiger partial charge in [0, 0.05) is 29.6 Å². The van der Waals surface area contributed by atoms with Crippen molar-refractivity contribution >= 4 is 23.2 Å². The van der Waals surface area contributed by atoms with Gasteiger partial charge in [-0.1, -0.05) is 48.0 Å². The summed E-state index contributed by atoms with van der Waals surface area (Å²) in [5, 5.41) is 7.35. The highest BCUT2D eigenvalue weighted by atomic mass is 35.5. The van der Waals surface area contributed by atoms with Gasteiger partial charge >= 0.3 is 0 Å². The molecule has 0 aromatic heterocycles. The largest absolute Gasteiger partial charge is 0.379 e. The Morgan fingerprint density at radius 2 is 1.86 bits per heavy atom.